The van der Waals surface area contributed by atoms with Crippen LogP contribution in [-0.4, -0.2) is 24.0 Å². The van der Waals surface area contributed by atoms with E-state index < -0.39 is 5.95 Å². The topological polar surface area (TPSA) is 80.0 Å². The summed E-state index contributed by atoms with van der Waals surface area (Å²) in [6.45, 7) is 1.65. The van der Waals surface area contributed by atoms with Crippen molar-refractivity contribution >= 4 is 11.7 Å². The Bertz CT molecular complexity index is 1140. The molecule has 158 valence electrons. The van der Waals surface area contributed by atoms with Gasteiger partial charge in [0.1, 0.15) is 5.82 Å². The molecule has 0 bridgehead atoms. The highest BCUT2D eigenvalue weighted by molar-refractivity contribution is 5.97. The van der Waals surface area contributed by atoms with Crippen LogP contribution < -0.4 is 16.4 Å². The zero-order valence-electron chi connectivity index (χ0n) is 17.2. The second-order valence-corrected chi connectivity index (χ2v) is 8.26. The van der Waals surface area contributed by atoms with Crippen LogP contribution in [0.5, 0.6) is 0 Å². The van der Waals surface area contributed by atoms with E-state index >= 15 is 0 Å². The van der Waals surface area contributed by atoms with Gasteiger partial charge < -0.3 is 16.4 Å². The van der Waals surface area contributed by atoms with Gasteiger partial charge in [-0.15, -0.1) is 0 Å². The minimum absolute atomic E-state index is 0.0637. The van der Waals surface area contributed by atoms with Gasteiger partial charge >= 0.3 is 0 Å². The van der Waals surface area contributed by atoms with Crippen molar-refractivity contribution in [2.75, 3.05) is 18.8 Å². The number of halogens is 1. The Kier molecular flexibility index (Phi) is 5.16. The number of aromatic nitrogens is 1. The molecular weight excluding hydrogens is 391 g/mol. The molecule has 1 amide bonds. The molecule has 1 unspecified atom stereocenters. The number of nitrogen functional groups attached to an aromatic ring is 1. The number of benzene rings is 2. The molecule has 1 aromatic heterocycles. The van der Waals surface area contributed by atoms with Gasteiger partial charge in [0, 0.05) is 29.3 Å². The largest absolute Gasteiger partial charge is 0.383 e. The van der Waals surface area contributed by atoms with Gasteiger partial charge in [0.05, 0.1) is 0 Å². The first-order valence-corrected chi connectivity index (χ1v) is 10.8. The number of nitrogens with zero attached hydrogens (tertiary/aromatic N) is 1. The van der Waals surface area contributed by atoms with Crippen LogP contribution in [-0.2, 0) is 6.42 Å². The van der Waals surface area contributed by atoms with Crippen molar-refractivity contribution in [3.8, 4) is 22.3 Å². The molecule has 1 fully saturated rings. The number of carbonyl (C=O) groups excluding carboxylic acids is 1. The lowest BCUT2D eigenvalue weighted by molar-refractivity contribution is 0.0946. The predicted octanol–water partition coefficient (Wildman–Crippen LogP) is 4.24. The highest BCUT2D eigenvalue weighted by atomic mass is 19.1. The monoisotopic (exact) mass is 416 g/mol. The summed E-state index contributed by atoms with van der Waals surface area (Å²) in [5.74, 6) is -0.502. The fraction of sp³-hybridized carbons (Fsp3) is 0.280. The van der Waals surface area contributed by atoms with Crippen LogP contribution in [0.1, 0.15) is 46.8 Å². The molecule has 5 nitrogen and oxygen atoms in total. The molecule has 0 saturated carbocycles. The van der Waals surface area contributed by atoms with Crippen molar-refractivity contribution in [1.29, 1.82) is 0 Å². The summed E-state index contributed by atoms with van der Waals surface area (Å²) in [7, 11) is 0. The van der Waals surface area contributed by atoms with Gasteiger partial charge in [-0.05, 0) is 60.2 Å². The van der Waals surface area contributed by atoms with E-state index in [1.54, 1.807) is 12.1 Å². The van der Waals surface area contributed by atoms with E-state index in [4.69, 9.17) is 5.73 Å². The number of fused-ring (bicyclic) bond motifs is 1. The highest BCUT2D eigenvalue weighted by Gasteiger charge is 2.19. The third-order valence-electron chi connectivity index (χ3n) is 6.28. The molecule has 0 radical (unpaired) electrons. The average molecular weight is 417 g/mol. The molecular formula is C25H25FN4O. The van der Waals surface area contributed by atoms with E-state index in [9.17, 15) is 9.18 Å². The average Bonchev–Trinajstić information content (AvgIpc) is 2.80. The number of pyridine rings is 1. The molecule has 2 aliphatic rings. The number of nitrogens with two attached hydrogens (primary N) is 1. The van der Waals surface area contributed by atoms with Crippen LogP contribution in [0.2, 0.25) is 0 Å². The molecule has 4 N–H and O–H groups in total. The van der Waals surface area contributed by atoms with E-state index in [1.165, 1.54) is 18.4 Å². The van der Waals surface area contributed by atoms with Crippen LogP contribution in [0, 0.1) is 5.95 Å². The van der Waals surface area contributed by atoms with Gasteiger partial charge in [0.15, 0.2) is 0 Å². The van der Waals surface area contributed by atoms with Gasteiger partial charge in [-0.1, -0.05) is 42.8 Å². The molecule has 0 spiro atoms. The summed E-state index contributed by atoms with van der Waals surface area (Å²) in [5.41, 5.74) is 11.6. The van der Waals surface area contributed by atoms with Gasteiger partial charge in [0.2, 0.25) is 5.95 Å². The number of rotatable bonds is 3. The Labute approximate surface area is 180 Å². The van der Waals surface area contributed by atoms with Crippen molar-refractivity contribution in [3.63, 3.8) is 0 Å². The standard InChI is InChI=1S/C25H25FN4O/c26-23-20(15-4-6-16(7-5-15)22-3-1-2-11-28-22)14-21(24(27)30-23)17-8-9-19-18(13-17)10-12-29-25(19)31/h4-9,13-14,22,28H,1-3,10-12H2,(H2,27,30)(H,29,31). The number of carbonyl (C=O) groups is 1. The third-order valence-corrected chi connectivity index (χ3v) is 6.28. The summed E-state index contributed by atoms with van der Waals surface area (Å²) in [6, 6.07) is 15.7. The third kappa shape index (κ3) is 3.79. The van der Waals surface area contributed by atoms with Gasteiger partial charge in [-0.3, -0.25) is 4.79 Å². The SMILES string of the molecule is Nc1nc(F)c(-c2ccc(C3CCCCN3)cc2)cc1-c1ccc2c(c1)CCNC2=O. The summed E-state index contributed by atoms with van der Waals surface area (Å²) < 4.78 is 14.8. The molecule has 31 heavy (non-hydrogen) atoms. The van der Waals surface area contributed by atoms with Crippen LogP contribution >= 0.6 is 0 Å². The first kappa shape index (κ1) is 19.7. The number of anilines is 1. The van der Waals surface area contributed by atoms with E-state index in [-0.39, 0.29) is 11.7 Å². The Hall–Kier alpha value is -3.25. The Balaban J connectivity index is 1.50. The molecule has 0 aliphatic carbocycles. The molecule has 2 aliphatic heterocycles. The zero-order chi connectivity index (χ0) is 21.4. The van der Waals surface area contributed by atoms with E-state index in [2.05, 4.69) is 27.8 Å². The van der Waals surface area contributed by atoms with Crippen molar-refractivity contribution in [2.24, 2.45) is 0 Å². The van der Waals surface area contributed by atoms with Crippen molar-refractivity contribution in [1.82, 2.24) is 15.6 Å². The van der Waals surface area contributed by atoms with Crippen LogP contribution in [0.25, 0.3) is 22.3 Å². The number of nitrogens with one attached hydrogen (secondary N) is 2. The summed E-state index contributed by atoms with van der Waals surface area (Å²) in [4.78, 5) is 16.0. The second-order valence-electron chi connectivity index (χ2n) is 8.26. The summed E-state index contributed by atoms with van der Waals surface area (Å²) >= 11 is 0. The maximum Gasteiger partial charge on any atom is 0.251 e. The lowest BCUT2D eigenvalue weighted by Gasteiger charge is -2.24. The molecule has 1 atom stereocenters. The lowest BCUT2D eigenvalue weighted by atomic mass is 9.93. The zero-order valence-corrected chi connectivity index (χ0v) is 17.2. The molecule has 5 rings (SSSR count). The molecule has 3 heterocycles. The quantitative estimate of drug-likeness (QED) is 0.558. The Morgan fingerprint density at radius 3 is 2.52 bits per heavy atom. The second kappa shape index (κ2) is 8.12. The highest BCUT2D eigenvalue weighted by Crippen LogP contribution is 2.34. The van der Waals surface area contributed by atoms with Crippen molar-refractivity contribution in [2.45, 2.75) is 31.7 Å². The van der Waals surface area contributed by atoms with Gasteiger partial charge in [0.25, 0.3) is 5.91 Å². The normalized spacial score (nSPS) is 18.4. The van der Waals surface area contributed by atoms with E-state index in [0.717, 1.165) is 36.1 Å². The number of hydrogen-bond donors (Lipinski definition) is 3. The van der Waals surface area contributed by atoms with Crippen LogP contribution in [0.3, 0.4) is 0 Å². The number of amides is 1. The number of piperidine rings is 1. The molecule has 6 heteroatoms. The first-order chi connectivity index (χ1) is 15.1. The Morgan fingerprint density at radius 1 is 0.935 bits per heavy atom. The summed E-state index contributed by atoms with van der Waals surface area (Å²) in [6.07, 6.45) is 4.32. The fourth-order valence-electron chi connectivity index (χ4n) is 4.56. The smallest absolute Gasteiger partial charge is 0.251 e. The molecule has 3 aromatic rings. The Morgan fingerprint density at radius 2 is 1.74 bits per heavy atom. The number of hydrogen-bond acceptors (Lipinski definition) is 4. The maximum atomic E-state index is 14.8. The van der Waals surface area contributed by atoms with Gasteiger partial charge in [-0.2, -0.15) is 4.39 Å². The van der Waals surface area contributed by atoms with Gasteiger partial charge in [-0.25, -0.2) is 4.98 Å². The minimum atomic E-state index is -0.581. The minimum Gasteiger partial charge on any atom is -0.383 e. The van der Waals surface area contributed by atoms with E-state index in [1.807, 2.05) is 24.3 Å². The first-order valence-electron chi connectivity index (χ1n) is 10.8. The fourth-order valence-corrected chi connectivity index (χ4v) is 4.56. The van der Waals surface area contributed by atoms with E-state index in [0.29, 0.717) is 29.3 Å². The van der Waals surface area contributed by atoms with Crippen molar-refractivity contribution in [3.05, 3.63) is 71.2 Å². The van der Waals surface area contributed by atoms with Crippen molar-refractivity contribution < 1.29 is 9.18 Å². The molecule has 1 saturated heterocycles. The summed E-state index contributed by atoms with van der Waals surface area (Å²) in [5, 5.41) is 6.39. The van der Waals surface area contributed by atoms with Crippen LogP contribution in [0.4, 0.5) is 10.2 Å². The maximum absolute atomic E-state index is 14.8. The molecule has 2 aromatic carbocycles. The predicted molar refractivity (Wildman–Crippen MR) is 120 cm³/mol. The lowest BCUT2D eigenvalue weighted by Crippen LogP contribution is -2.31. The van der Waals surface area contributed by atoms with Crippen LogP contribution in [0.15, 0.2) is 48.5 Å².